The zero-order chi connectivity index (χ0) is 14.0. The second-order valence-electron chi connectivity index (χ2n) is 4.60. The Morgan fingerprint density at radius 2 is 2.16 bits per heavy atom. The van der Waals surface area contributed by atoms with E-state index in [1.54, 1.807) is 18.0 Å². The number of amides is 1. The number of aromatic carboxylic acids is 1. The van der Waals surface area contributed by atoms with Crippen LogP contribution in [0.5, 0.6) is 0 Å². The Morgan fingerprint density at radius 3 is 2.74 bits per heavy atom. The number of nitrogens with zero attached hydrogens (tertiary/aromatic N) is 3. The highest BCUT2D eigenvalue weighted by molar-refractivity contribution is 5.89. The van der Waals surface area contributed by atoms with Crippen LogP contribution < -0.4 is 4.90 Å². The van der Waals surface area contributed by atoms with Crippen molar-refractivity contribution in [3.8, 4) is 0 Å². The molecule has 0 spiro atoms. The lowest BCUT2D eigenvalue weighted by Crippen LogP contribution is -2.48. The Hall–Kier alpha value is -2.11. The number of hydrogen-bond donors (Lipinski definition) is 1. The highest BCUT2D eigenvalue weighted by Crippen LogP contribution is 2.17. The first-order chi connectivity index (χ1) is 9.01. The fraction of sp³-hybridized carbons (Fsp3) is 0.462. The molecular weight excluding hydrogens is 246 g/mol. The van der Waals surface area contributed by atoms with Gasteiger partial charge in [-0.2, -0.15) is 0 Å². The Morgan fingerprint density at radius 1 is 1.42 bits per heavy atom. The number of carboxylic acids is 1. The topological polar surface area (TPSA) is 73.7 Å². The molecule has 0 aromatic carbocycles. The first kappa shape index (κ1) is 13.3. The average Bonchev–Trinajstić information content (AvgIpc) is 2.41. The lowest BCUT2D eigenvalue weighted by molar-refractivity contribution is -0.129. The van der Waals surface area contributed by atoms with Gasteiger partial charge in [-0.1, -0.05) is 6.92 Å². The van der Waals surface area contributed by atoms with Crippen LogP contribution in [-0.4, -0.2) is 53.5 Å². The van der Waals surface area contributed by atoms with E-state index >= 15 is 0 Å². The van der Waals surface area contributed by atoms with Crippen molar-refractivity contribution < 1.29 is 14.7 Å². The number of piperazine rings is 1. The Kier molecular flexibility index (Phi) is 3.69. The molecule has 1 aromatic rings. The molecule has 1 saturated heterocycles. The maximum atomic E-state index is 11.7. The van der Waals surface area contributed by atoms with E-state index in [2.05, 4.69) is 4.98 Å². The summed E-state index contributed by atoms with van der Waals surface area (Å²) in [5.41, 5.74) is 0.939. The number of aryl methyl sites for hydroxylation is 1. The number of anilines is 1. The summed E-state index contributed by atoms with van der Waals surface area (Å²) in [7, 11) is 1.76. The smallest absolute Gasteiger partial charge is 0.335 e. The Labute approximate surface area is 111 Å². The third kappa shape index (κ3) is 2.83. The highest BCUT2D eigenvalue weighted by atomic mass is 16.4. The first-order valence-corrected chi connectivity index (χ1v) is 6.24. The number of likely N-dealkylation sites (N-methyl/N-ethyl adjacent to an activating group) is 1. The summed E-state index contributed by atoms with van der Waals surface area (Å²) in [6, 6.07) is 3.10. The molecule has 102 valence electrons. The van der Waals surface area contributed by atoms with Crippen molar-refractivity contribution in [3.63, 3.8) is 0 Å². The molecule has 1 aromatic heterocycles. The summed E-state index contributed by atoms with van der Waals surface area (Å²) < 4.78 is 0. The van der Waals surface area contributed by atoms with Gasteiger partial charge in [-0.25, -0.2) is 9.78 Å². The van der Waals surface area contributed by atoms with Crippen molar-refractivity contribution in [1.82, 2.24) is 9.88 Å². The molecule has 2 heterocycles. The predicted molar refractivity (Wildman–Crippen MR) is 70.4 cm³/mol. The van der Waals surface area contributed by atoms with Crippen LogP contribution in [0.2, 0.25) is 0 Å². The maximum Gasteiger partial charge on any atom is 0.335 e. The summed E-state index contributed by atoms with van der Waals surface area (Å²) >= 11 is 0. The molecule has 0 aliphatic carbocycles. The zero-order valence-corrected chi connectivity index (χ0v) is 11.1. The molecule has 0 radical (unpaired) electrons. The van der Waals surface area contributed by atoms with Gasteiger partial charge < -0.3 is 14.9 Å². The van der Waals surface area contributed by atoms with Gasteiger partial charge in [-0.3, -0.25) is 4.79 Å². The van der Waals surface area contributed by atoms with E-state index in [1.807, 2.05) is 11.8 Å². The minimum Gasteiger partial charge on any atom is -0.478 e. The Balaban J connectivity index is 2.31. The van der Waals surface area contributed by atoms with E-state index in [0.29, 0.717) is 25.3 Å². The van der Waals surface area contributed by atoms with Crippen LogP contribution in [0, 0.1) is 0 Å². The normalized spacial score (nSPS) is 15.8. The van der Waals surface area contributed by atoms with Crippen molar-refractivity contribution in [2.45, 2.75) is 13.3 Å². The van der Waals surface area contributed by atoms with E-state index < -0.39 is 5.97 Å². The van der Waals surface area contributed by atoms with E-state index in [9.17, 15) is 9.59 Å². The molecule has 2 rings (SSSR count). The molecule has 1 aliphatic heterocycles. The van der Waals surface area contributed by atoms with Crippen LogP contribution in [0.4, 0.5) is 5.82 Å². The summed E-state index contributed by atoms with van der Waals surface area (Å²) in [6.07, 6.45) is 0.663. The monoisotopic (exact) mass is 263 g/mol. The minimum atomic E-state index is -0.973. The molecule has 19 heavy (non-hydrogen) atoms. The molecule has 6 heteroatoms. The largest absolute Gasteiger partial charge is 0.478 e. The average molecular weight is 263 g/mol. The molecule has 0 unspecified atom stereocenters. The summed E-state index contributed by atoms with van der Waals surface area (Å²) in [6.45, 7) is 3.46. The number of pyridine rings is 1. The van der Waals surface area contributed by atoms with Crippen LogP contribution >= 0.6 is 0 Å². The van der Waals surface area contributed by atoms with E-state index in [4.69, 9.17) is 5.11 Å². The number of carbonyl (C=O) groups excluding carboxylic acids is 1. The van der Waals surface area contributed by atoms with E-state index in [-0.39, 0.29) is 18.0 Å². The third-order valence-corrected chi connectivity index (χ3v) is 3.26. The van der Waals surface area contributed by atoms with Gasteiger partial charge >= 0.3 is 5.97 Å². The van der Waals surface area contributed by atoms with Crippen molar-refractivity contribution >= 4 is 17.7 Å². The van der Waals surface area contributed by atoms with Gasteiger partial charge in [0.15, 0.2) is 0 Å². The van der Waals surface area contributed by atoms with E-state index in [1.165, 1.54) is 6.07 Å². The molecule has 1 aliphatic rings. The molecule has 1 amide bonds. The summed E-state index contributed by atoms with van der Waals surface area (Å²) in [5, 5.41) is 9.10. The van der Waals surface area contributed by atoms with Gasteiger partial charge in [0.05, 0.1) is 12.1 Å². The van der Waals surface area contributed by atoms with E-state index in [0.717, 1.165) is 5.69 Å². The molecular formula is C13H17N3O3. The summed E-state index contributed by atoms with van der Waals surface area (Å²) in [5.74, 6) is -0.385. The molecule has 1 fully saturated rings. The van der Waals surface area contributed by atoms with Crippen LogP contribution in [-0.2, 0) is 11.2 Å². The number of hydrogen-bond acceptors (Lipinski definition) is 4. The molecule has 0 saturated carbocycles. The van der Waals surface area contributed by atoms with Crippen LogP contribution in [0.1, 0.15) is 23.0 Å². The van der Waals surface area contributed by atoms with Crippen molar-refractivity contribution in [3.05, 3.63) is 23.4 Å². The zero-order valence-electron chi connectivity index (χ0n) is 11.1. The van der Waals surface area contributed by atoms with Gasteiger partial charge in [0.25, 0.3) is 0 Å². The fourth-order valence-corrected chi connectivity index (χ4v) is 1.99. The fourth-order valence-electron chi connectivity index (χ4n) is 1.99. The lowest BCUT2D eigenvalue weighted by atomic mass is 10.2. The first-order valence-electron chi connectivity index (χ1n) is 6.24. The number of carboxylic acid groups (broad SMARTS) is 1. The number of rotatable bonds is 3. The summed E-state index contributed by atoms with van der Waals surface area (Å²) in [4.78, 5) is 30.7. The van der Waals surface area contributed by atoms with Gasteiger partial charge in [-0.05, 0) is 18.6 Å². The van der Waals surface area contributed by atoms with Gasteiger partial charge in [-0.15, -0.1) is 0 Å². The third-order valence-electron chi connectivity index (χ3n) is 3.26. The molecule has 6 nitrogen and oxygen atoms in total. The van der Waals surface area contributed by atoms with Crippen molar-refractivity contribution in [2.24, 2.45) is 0 Å². The van der Waals surface area contributed by atoms with Crippen molar-refractivity contribution in [1.29, 1.82) is 0 Å². The molecule has 1 N–H and O–H groups in total. The second kappa shape index (κ2) is 5.26. The minimum absolute atomic E-state index is 0.0202. The van der Waals surface area contributed by atoms with Crippen LogP contribution in [0.15, 0.2) is 12.1 Å². The maximum absolute atomic E-state index is 11.7. The number of aromatic nitrogens is 1. The van der Waals surface area contributed by atoms with Crippen LogP contribution in [0.25, 0.3) is 0 Å². The SMILES string of the molecule is CCc1cc(C(=O)O)cc(N2CCN(C)C(=O)C2)n1. The van der Waals surface area contributed by atoms with Gasteiger partial charge in [0.1, 0.15) is 5.82 Å². The highest BCUT2D eigenvalue weighted by Gasteiger charge is 2.23. The quantitative estimate of drug-likeness (QED) is 0.865. The molecule has 0 atom stereocenters. The number of carbonyl (C=O) groups is 2. The lowest BCUT2D eigenvalue weighted by Gasteiger charge is -2.33. The van der Waals surface area contributed by atoms with Crippen LogP contribution in [0.3, 0.4) is 0 Å². The van der Waals surface area contributed by atoms with Crippen molar-refractivity contribution in [2.75, 3.05) is 31.6 Å². The predicted octanol–water partition coefficient (Wildman–Crippen LogP) is 0.621. The van der Waals surface area contributed by atoms with Gasteiger partial charge in [0.2, 0.25) is 5.91 Å². The standard InChI is InChI=1S/C13H17N3O3/c1-3-10-6-9(13(18)19)7-11(14-10)16-5-4-15(2)12(17)8-16/h6-7H,3-5,8H2,1-2H3,(H,18,19). The molecule has 0 bridgehead atoms. The Bertz CT molecular complexity index is 516. The second-order valence-corrected chi connectivity index (χ2v) is 4.60. The van der Waals surface area contributed by atoms with Gasteiger partial charge in [0, 0.05) is 25.8 Å².